The molecule has 1 N–H and O–H groups in total. The van der Waals surface area contributed by atoms with E-state index in [-0.39, 0.29) is 11.9 Å². The van der Waals surface area contributed by atoms with Crippen LogP contribution in [-0.4, -0.2) is 57.1 Å². The zero-order valence-corrected chi connectivity index (χ0v) is 17.1. The van der Waals surface area contributed by atoms with Gasteiger partial charge in [-0.3, -0.25) is 0 Å². The third-order valence-corrected chi connectivity index (χ3v) is 6.50. The minimum Gasteiger partial charge on any atom is -0.358 e. The van der Waals surface area contributed by atoms with Crippen LogP contribution >= 0.6 is 0 Å². The van der Waals surface area contributed by atoms with Gasteiger partial charge in [-0.25, -0.2) is 4.79 Å². The van der Waals surface area contributed by atoms with Crippen LogP contribution < -0.4 is 0 Å². The van der Waals surface area contributed by atoms with E-state index in [1.54, 1.807) is 0 Å². The van der Waals surface area contributed by atoms with Crippen molar-refractivity contribution in [2.24, 2.45) is 0 Å². The monoisotopic (exact) mass is 393 g/mol. The molecule has 7 nitrogen and oxygen atoms in total. The van der Waals surface area contributed by atoms with Gasteiger partial charge in [0.2, 0.25) is 11.7 Å². The van der Waals surface area contributed by atoms with Gasteiger partial charge < -0.3 is 19.3 Å². The molecule has 0 saturated carbocycles. The second kappa shape index (κ2) is 7.21. The Morgan fingerprint density at radius 2 is 1.83 bits per heavy atom. The van der Waals surface area contributed by atoms with Crippen LogP contribution in [0.25, 0.3) is 22.3 Å². The lowest BCUT2D eigenvalue weighted by Gasteiger charge is -2.33. The van der Waals surface area contributed by atoms with Crippen molar-refractivity contribution in [1.82, 2.24) is 24.9 Å². The van der Waals surface area contributed by atoms with E-state index in [1.807, 2.05) is 15.9 Å². The average molecular weight is 393 g/mol. The number of nitrogens with zero attached hydrogens (tertiary/aromatic N) is 4. The largest absolute Gasteiger partial charge is 0.358 e. The van der Waals surface area contributed by atoms with E-state index in [0.29, 0.717) is 11.7 Å². The first kappa shape index (κ1) is 18.2. The third kappa shape index (κ3) is 3.28. The molecule has 0 atom stereocenters. The van der Waals surface area contributed by atoms with Crippen LogP contribution in [0.15, 0.2) is 22.7 Å². The van der Waals surface area contributed by atoms with Gasteiger partial charge in [0.05, 0.1) is 0 Å². The molecular weight excluding hydrogens is 366 g/mol. The Morgan fingerprint density at radius 1 is 1.10 bits per heavy atom. The van der Waals surface area contributed by atoms with E-state index in [2.05, 4.69) is 36.1 Å². The normalized spacial score (nSPS) is 18.1. The first-order valence-corrected chi connectivity index (χ1v) is 10.6. The van der Waals surface area contributed by atoms with Crippen LogP contribution in [-0.2, 0) is 0 Å². The summed E-state index contributed by atoms with van der Waals surface area (Å²) in [6.07, 6.45) is 3.99. The molecule has 152 valence electrons. The average Bonchev–Trinajstić information content (AvgIpc) is 3.49. The number of hydrogen-bond donors (Lipinski definition) is 1. The summed E-state index contributed by atoms with van der Waals surface area (Å²) in [6, 6.07) is 6.42. The standard InChI is InChI=1S/C22H27N5O2/c1-14-15(2)23-19-6-5-17(13-18(14)19)20-24-21(29-25-20)16-7-11-27(12-8-16)22(28)26-9-3-4-10-26/h5-6,13,16,23H,3-4,7-12H2,1-2H3. The van der Waals surface area contributed by atoms with Crippen LogP contribution in [0.3, 0.4) is 0 Å². The molecule has 0 unspecified atom stereocenters. The zero-order chi connectivity index (χ0) is 20.0. The van der Waals surface area contributed by atoms with E-state index < -0.39 is 0 Å². The van der Waals surface area contributed by atoms with Gasteiger partial charge in [-0.15, -0.1) is 0 Å². The van der Waals surface area contributed by atoms with Gasteiger partial charge in [-0.1, -0.05) is 5.16 Å². The lowest BCUT2D eigenvalue weighted by molar-refractivity contribution is 0.144. The Labute approximate surface area is 170 Å². The highest BCUT2D eigenvalue weighted by molar-refractivity contribution is 5.88. The Balaban J connectivity index is 1.28. The summed E-state index contributed by atoms with van der Waals surface area (Å²) in [5.41, 5.74) is 4.53. The summed E-state index contributed by atoms with van der Waals surface area (Å²) in [4.78, 5) is 24.6. The number of aromatic amines is 1. The molecule has 0 radical (unpaired) electrons. The molecule has 4 heterocycles. The fraction of sp³-hybridized carbons (Fsp3) is 0.500. The first-order chi connectivity index (χ1) is 14.1. The number of aromatic nitrogens is 3. The van der Waals surface area contributed by atoms with Crippen LogP contribution in [0, 0.1) is 13.8 Å². The van der Waals surface area contributed by atoms with Gasteiger partial charge in [0, 0.05) is 54.3 Å². The summed E-state index contributed by atoms with van der Waals surface area (Å²) in [6.45, 7) is 7.52. The highest BCUT2D eigenvalue weighted by Gasteiger charge is 2.30. The molecule has 5 rings (SSSR count). The Hall–Kier alpha value is -2.83. The smallest absolute Gasteiger partial charge is 0.319 e. The predicted octanol–water partition coefficient (Wildman–Crippen LogP) is 4.23. The summed E-state index contributed by atoms with van der Waals surface area (Å²) < 4.78 is 5.62. The highest BCUT2D eigenvalue weighted by Crippen LogP contribution is 2.31. The number of likely N-dealkylation sites (tertiary alicyclic amines) is 2. The summed E-state index contributed by atoms with van der Waals surface area (Å²) in [5.74, 6) is 1.55. The number of rotatable bonds is 2. The molecule has 0 bridgehead atoms. The fourth-order valence-electron chi connectivity index (χ4n) is 4.54. The van der Waals surface area contributed by atoms with Gasteiger partial charge >= 0.3 is 6.03 Å². The number of fused-ring (bicyclic) bond motifs is 1. The number of piperidine rings is 1. The second-order valence-electron chi connectivity index (χ2n) is 8.33. The number of carbonyl (C=O) groups is 1. The predicted molar refractivity (Wildman–Crippen MR) is 111 cm³/mol. The number of nitrogens with one attached hydrogen (secondary N) is 1. The Bertz CT molecular complexity index is 1040. The molecule has 2 fully saturated rings. The summed E-state index contributed by atoms with van der Waals surface area (Å²) in [7, 11) is 0. The van der Waals surface area contributed by atoms with Crippen LogP contribution in [0.2, 0.25) is 0 Å². The van der Waals surface area contributed by atoms with Crippen LogP contribution in [0.4, 0.5) is 4.79 Å². The van der Waals surface area contributed by atoms with Crippen molar-refractivity contribution in [2.75, 3.05) is 26.2 Å². The topological polar surface area (TPSA) is 78.3 Å². The van der Waals surface area contributed by atoms with Gasteiger partial charge in [0.1, 0.15) is 0 Å². The van der Waals surface area contributed by atoms with Gasteiger partial charge in [0.15, 0.2) is 0 Å². The molecule has 0 spiro atoms. The van der Waals surface area contributed by atoms with Crippen molar-refractivity contribution >= 4 is 16.9 Å². The van der Waals surface area contributed by atoms with Crippen molar-refractivity contribution in [1.29, 1.82) is 0 Å². The lowest BCUT2D eigenvalue weighted by Crippen LogP contribution is -2.45. The molecule has 2 saturated heterocycles. The first-order valence-electron chi connectivity index (χ1n) is 10.6. The summed E-state index contributed by atoms with van der Waals surface area (Å²) in [5, 5.41) is 5.43. The summed E-state index contributed by atoms with van der Waals surface area (Å²) >= 11 is 0. The molecule has 0 aliphatic carbocycles. The SMILES string of the molecule is Cc1[nH]c2ccc(-c3noc(C4CCN(C(=O)N5CCCC5)CC4)n3)cc2c1C. The third-order valence-electron chi connectivity index (χ3n) is 6.50. The molecule has 29 heavy (non-hydrogen) atoms. The van der Waals surface area contributed by atoms with Crippen LogP contribution in [0.5, 0.6) is 0 Å². The quantitative estimate of drug-likeness (QED) is 0.707. The van der Waals surface area contributed by atoms with E-state index in [1.165, 1.54) is 16.6 Å². The minimum atomic E-state index is 0.192. The molecule has 2 aromatic heterocycles. The number of urea groups is 1. The van der Waals surface area contributed by atoms with Crippen LogP contribution in [0.1, 0.15) is 48.7 Å². The molecular formula is C22H27N5O2. The lowest BCUT2D eigenvalue weighted by atomic mass is 9.97. The zero-order valence-electron chi connectivity index (χ0n) is 17.1. The van der Waals surface area contributed by atoms with E-state index in [4.69, 9.17) is 9.51 Å². The molecule has 1 aromatic carbocycles. The maximum atomic E-state index is 12.6. The number of H-pyrrole nitrogens is 1. The van der Waals surface area contributed by atoms with Gasteiger partial charge in [-0.2, -0.15) is 4.98 Å². The number of hydrogen-bond acceptors (Lipinski definition) is 4. The maximum absolute atomic E-state index is 12.6. The fourth-order valence-corrected chi connectivity index (χ4v) is 4.54. The van der Waals surface area contributed by atoms with E-state index >= 15 is 0 Å². The van der Waals surface area contributed by atoms with Crippen molar-refractivity contribution in [3.63, 3.8) is 0 Å². The Kier molecular flexibility index (Phi) is 4.53. The second-order valence-corrected chi connectivity index (χ2v) is 8.33. The van der Waals surface area contributed by atoms with Crippen molar-refractivity contribution in [3.8, 4) is 11.4 Å². The number of aryl methyl sites for hydroxylation is 2. The molecule has 3 aromatic rings. The number of benzene rings is 1. The van der Waals surface area contributed by atoms with Gasteiger partial charge in [0.25, 0.3) is 0 Å². The minimum absolute atomic E-state index is 0.192. The molecule has 2 aliphatic rings. The Morgan fingerprint density at radius 3 is 2.59 bits per heavy atom. The molecule has 7 heteroatoms. The molecule has 2 aliphatic heterocycles. The highest BCUT2D eigenvalue weighted by atomic mass is 16.5. The van der Waals surface area contributed by atoms with Crippen molar-refractivity contribution in [3.05, 3.63) is 35.3 Å². The molecule has 2 amide bonds. The number of carbonyl (C=O) groups excluding carboxylic acids is 1. The van der Waals surface area contributed by atoms with Crippen molar-refractivity contribution in [2.45, 2.75) is 45.4 Å². The number of amides is 2. The van der Waals surface area contributed by atoms with E-state index in [0.717, 1.165) is 62.9 Å². The van der Waals surface area contributed by atoms with E-state index in [9.17, 15) is 4.79 Å². The maximum Gasteiger partial charge on any atom is 0.319 e. The van der Waals surface area contributed by atoms with Gasteiger partial charge in [-0.05, 0) is 63.3 Å². The van der Waals surface area contributed by atoms with Crippen molar-refractivity contribution < 1.29 is 9.32 Å².